The van der Waals surface area contributed by atoms with Crippen LogP contribution < -0.4 is 20.9 Å². The highest BCUT2D eigenvalue weighted by atomic mass is 35.5. The lowest BCUT2D eigenvalue weighted by atomic mass is 10.0. The first-order valence-corrected chi connectivity index (χ1v) is 9.45. The Morgan fingerprint density at radius 2 is 1.81 bits per heavy atom. The lowest BCUT2D eigenvalue weighted by Crippen LogP contribution is -2.49. The summed E-state index contributed by atoms with van der Waals surface area (Å²) in [5.41, 5.74) is 3.10. The topological polar surface area (TPSA) is 92.4 Å². The molecule has 1 aromatic carbocycles. The van der Waals surface area contributed by atoms with Crippen LogP contribution in [0.25, 0.3) is 11.1 Å². The van der Waals surface area contributed by atoms with Crippen molar-refractivity contribution in [2.45, 2.75) is 25.8 Å². The maximum Gasteiger partial charge on any atom is 0.334 e. The predicted molar refractivity (Wildman–Crippen MR) is 105 cm³/mol. The van der Waals surface area contributed by atoms with Gasteiger partial charge in [-0.2, -0.15) is 8.78 Å². The number of hydrazine groups is 1. The molecule has 0 radical (unpaired) electrons. The second-order valence-electron chi connectivity index (χ2n) is 6.17. The molecule has 2 rings (SSSR count). The molecule has 0 fully saturated rings. The van der Waals surface area contributed by atoms with Crippen LogP contribution in [-0.4, -0.2) is 36.4 Å². The second kappa shape index (κ2) is 11.1. The van der Waals surface area contributed by atoms with Crippen LogP contribution in [0.3, 0.4) is 0 Å². The molecule has 0 aliphatic rings. The van der Waals surface area contributed by atoms with Gasteiger partial charge in [-0.3, -0.25) is 15.2 Å². The molecule has 0 aliphatic carbocycles. The number of aromatic nitrogens is 1. The molecule has 2 aromatic rings. The van der Waals surface area contributed by atoms with Crippen molar-refractivity contribution in [1.82, 2.24) is 21.2 Å². The standard InChI is InChI=1S/C18H15Cl2F5N4O3/c1-7(27-18(31)29-28-17(30)16(24)25)14-12(21)2-8(5-26-14)10-3-9(19)4-11(20)15(10)32-6-13(22)23/h2-5,7,13,16H,6H2,1H3,(H,28,30)(H2,27,29,31). The summed E-state index contributed by atoms with van der Waals surface area (Å²) in [5, 5.41) is 2.25. The van der Waals surface area contributed by atoms with Gasteiger partial charge < -0.3 is 10.1 Å². The van der Waals surface area contributed by atoms with Crippen LogP contribution in [0.5, 0.6) is 5.75 Å². The molecule has 0 saturated heterocycles. The number of urea groups is 1. The van der Waals surface area contributed by atoms with Gasteiger partial charge in [-0.15, -0.1) is 0 Å². The number of carbonyl (C=O) groups excluding carboxylic acids is 2. The normalized spacial score (nSPS) is 11.9. The molecular formula is C18H15Cl2F5N4O3. The maximum absolute atomic E-state index is 14.7. The van der Waals surface area contributed by atoms with Crippen LogP contribution in [0.2, 0.25) is 10.0 Å². The zero-order valence-corrected chi connectivity index (χ0v) is 17.6. The number of hydrogen-bond acceptors (Lipinski definition) is 4. The summed E-state index contributed by atoms with van der Waals surface area (Å²) < 4.78 is 69.0. The number of nitrogens with one attached hydrogen (secondary N) is 3. The Labute approximate surface area is 188 Å². The second-order valence-corrected chi connectivity index (χ2v) is 7.01. The zero-order valence-electron chi connectivity index (χ0n) is 16.1. The van der Waals surface area contributed by atoms with Gasteiger partial charge in [-0.05, 0) is 25.1 Å². The highest BCUT2D eigenvalue weighted by Crippen LogP contribution is 2.39. The number of halogens is 7. The average Bonchev–Trinajstić information content (AvgIpc) is 2.70. The Morgan fingerprint density at radius 1 is 1.12 bits per heavy atom. The molecule has 32 heavy (non-hydrogen) atoms. The van der Waals surface area contributed by atoms with Crippen molar-refractivity contribution >= 4 is 35.1 Å². The molecule has 174 valence electrons. The van der Waals surface area contributed by atoms with Crippen molar-refractivity contribution in [2.75, 3.05) is 6.61 Å². The van der Waals surface area contributed by atoms with Crippen LogP contribution in [0.15, 0.2) is 24.4 Å². The number of benzene rings is 1. The van der Waals surface area contributed by atoms with Crippen molar-refractivity contribution in [3.05, 3.63) is 46.0 Å². The molecule has 0 saturated carbocycles. The maximum atomic E-state index is 14.7. The van der Waals surface area contributed by atoms with Gasteiger partial charge in [0.25, 0.3) is 6.43 Å². The molecule has 0 spiro atoms. The molecule has 1 atom stereocenters. The Hall–Kier alpha value is -2.86. The summed E-state index contributed by atoms with van der Waals surface area (Å²) in [7, 11) is 0. The van der Waals surface area contributed by atoms with Gasteiger partial charge in [-0.1, -0.05) is 23.2 Å². The number of rotatable bonds is 7. The number of hydrogen-bond donors (Lipinski definition) is 3. The van der Waals surface area contributed by atoms with Gasteiger partial charge in [-0.25, -0.2) is 23.4 Å². The zero-order chi connectivity index (χ0) is 24.0. The summed E-state index contributed by atoms with van der Waals surface area (Å²) in [4.78, 5) is 26.3. The predicted octanol–water partition coefficient (Wildman–Crippen LogP) is 4.49. The van der Waals surface area contributed by atoms with Gasteiger partial charge in [0.05, 0.1) is 16.8 Å². The van der Waals surface area contributed by atoms with E-state index in [1.54, 1.807) is 5.43 Å². The van der Waals surface area contributed by atoms with Crippen LogP contribution in [0.1, 0.15) is 18.7 Å². The summed E-state index contributed by atoms with van der Waals surface area (Å²) in [6, 6.07) is 1.44. The van der Waals surface area contributed by atoms with Gasteiger partial charge in [0.2, 0.25) is 0 Å². The fourth-order valence-corrected chi connectivity index (χ4v) is 3.00. The third kappa shape index (κ3) is 6.82. The summed E-state index contributed by atoms with van der Waals surface area (Å²) in [6.45, 7) is 0.382. The molecule has 14 heteroatoms. The first-order valence-electron chi connectivity index (χ1n) is 8.70. The van der Waals surface area contributed by atoms with E-state index in [1.165, 1.54) is 30.7 Å². The average molecular weight is 501 g/mol. The first kappa shape index (κ1) is 25.4. The van der Waals surface area contributed by atoms with Crippen LogP contribution in [0, 0.1) is 5.82 Å². The van der Waals surface area contributed by atoms with Crippen molar-refractivity contribution in [3.63, 3.8) is 0 Å². The minimum absolute atomic E-state index is 0.0739. The third-order valence-corrected chi connectivity index (χ3v) is 4.30. The van der Waals surface area contributed by atoms with E-state index in [0.29, 0.717) is 0 Å². The molecule has 0 aliphatic heterocycles. The first-order chi connectivity index (χ1) is 15.0. The summed E-state index contributed by atoms with van der Waals surface area (Å²) >= 11 is 12.0. The fraction of sp³-hybridized carbons (Fsp3) is 0.278. The van der Waals surface area contributed by atoms with E-state index in [4.69, 9.17) is 27.9 Å². The summed E-state index contributed by atoms with van der Waals surface area (Å²) in [5.74, 6) is -2.78. The minimum Gasteiger partial charge on any atom is -0.485 e. The largest absolute Gasteiger partial charge is 0.485 e. The van der Waals surface area contributed by atoms with Crippen LogP contribution >= 0.6 is 23.2 Å². The monoisotopic (exact) mass is 500 g/mol. The van der Waals surface area contributed by atoms with E-state index in [-0.39, 0.29) is 32.6 Å². The number of nitrogens with zero attached hydrogens (tertiary/aromatic N) is 1. The van der Waals surface area contributed by atoms with E-state index in [0.717, 1.165) is 6.07 Å². The van der Waals surface area contributed by atoms with Crippen molar-refractivity contribution in [2.24, 2.45) is 0 Å². The molecule has 0 bridgehead atoms. The molecule has 3 amide bonds. The lowest BCUT2D eigenvalue weighted by Gasteiger charge is -2.17. The van der Waals surface area contributed by atoms with Crippen LogP contribution in [-0.2, 0) is 4.79 Å². The third-order valence-electron chi connectivity index (χ3n) is 3.80. The number of carbonyl (C=O) groups is 2. The van der Waals surface area contributed by atoms with Crippen molar-refractivity contribution < 1.29 is 36.3 Å². The Morgan fingerprint density at radius 3 is 2.41 bits per heavy atom. The Bertz CT molecular complexity index is 997. The van der Waals surface area contributed by atoms with E-state index < -0.39 is 43.3 Å². The Balaban J connectivity index is 2.21. The fourth-order valence-electron chi connectivity index (χ4n) is 2.46. The molecule has 1 unspecified atom stereocenters. The van der Waals surface area contributed by atoms with Crippen molar-refractivity contribution in [3.8, 4) is 16.9 Å². The van der Waals surface area contributed by atoms with E-state index in [2.05, 4.69) is 10.3 Å². The highest BCUT2D eigenvalue weighted by Gasteiger charge is 2.21. The summed E-state index contributed by atoms with van der Waals surface area (Å²) in [6.07, 6.45) is -4.95. The quantitative estimate of drug-likeness (QED) is 0.385. The van der Waals surface area contributed by atoms with E-state index >= 15 is 0 Å². The molecule has 7 nitrogen and oxygen atoms in total. The van der Waals surface area contributed by atoms with Crippen LogP contribution in [0.4, 0.5) is 26.7 Å². The lowest BCUT2D eigenvalue weighted by molar-refractivity contribution is -0.132. The number of alkyl halides is 4. The highest BCUT2D eigenvalue weighted by molar-refractivity contribution is 6.36. The van der Waals surface area contributed by atoms with Gasteiger partial charge in [0.1, 0.15) is 18.2 Å². The van der Waals surface area contributed by atoms with Gasteiger partial charge in [0, 0.05) is 22.3 Å². The Kier molecular flexibility index (Phi) is 8.84. The number of amides is 3. The minimum atomic E-state index is -3.34. The SMILES string of the molecule is CC(NC(=O)NNC(=O)C(F)F)c1ncc(-c2cc(Cl)cc(Cl)c2OCC(F)F)cc1F. The smallest absolute Gasteiger partial charge is 0.334 e. The van der Waals surface area contributed by atoms with E-state index in [1.807, 2.05) is 0 Å². The number of ether oxygens (including phenoxy) is 1. The van der Waals surface area contributed by atoms with Crippen molar-refractivity contribution in [1.29, 1.82) is 0 Å². The number of pyridine rings is 1. The molecule has 3 N–H and O–H groups in total. The molecule has 1 aromatic heterocycles. The van der Waals surface area contributed by atoms with E-state index in [9.17, 15) is 31.5 Å². The molecular weight excluding hydrogens is 486 g/mol. The molecule has 1 heterocycles. The van der Waals surface area contributed by atoms with Gasteiger partial charge in [0.15, 0.2) is 0 Å². The van der Waals surface area contributed by atoms with Gasteiger partial charge >= 0.3 is 18.4 Å².